The third-order valence-electron chi connectivity index (χ3n) is 7.18. The van der Waals surface area contributed by atoms with Crippen LogP contribution in [0.5, 0.6) is 0 Å². The van der Waals surface area contributed by atoms with E-state index < -0.39 is 7.49 Å². The first-order valence-electron chi connectivity index (χ1n) is 12.1. The van der Waals surface area contributed by atoms with E-state index in [-0.39, 0.29) is 0 Å². The lowest BCUT2D eigenvalue weighted by molar-refractivity contribution is 0.632. The smallest absolute Gasteiger partial charge is 0.233 e. The zero-order valence-corrected chi connectivity index (χ0v) is 20.4. The molecule has 0 radical (unpaired) electrons. The van der Waals surface area contributed by atoms with Gasteiger partial charge in [0, 0.05) is 17.8 Å². The van der Waals surface area contributed by atoms with Crippen LogP contribution in [0.3, 0.4) is 0 Å². The van der Waals surface area contributed by atoms with E-state index in [2.05, 4.69) is 60.7 Å². The van der Waals surface area contributed by atoms with Crippen molar-refractivity contribution >= 4 is 55.9 Å². The Morgan fingerprint density at radius 3 is 1.69 bits per heavy atom. The maximum atomic E-state index is 12.2. The van der Waals surface area contributed by atoms with Gasteiger partial charge in [-0.15, -0.1) is 0 Å². The maximum Gasteiger partial charge on any atom is 0.257 e. The number of nitrogens with zero attached hydrogens (tertiary/aromatic N) is 1. The molecular formula is C33H23NOP+. The van der Waals surface area contributed by atoms with E-state index in [9.17, 15) is 4.89 Å². The minimum absolute atomic E-state index is 0.710. The highest BCUT2D eigenvalue weighted by Crippen LogP contribution is 2.50. The molecule has 3 heteroatoms. The van der Waals surface area contributed by atoms with E-state index in [0.29, 0.717) is 5.44 Å². The van der Waals surface area contributed by atoms with Crippen LogP contribution in [0.4, 0.5) is 0 Å². The standard InChI is InChI=1S/C33H23NOP/c35-36(27-10-3-1-4-11-27,28-12-5-2-6-13-28)31-21-18-26(22-34-31)29-19-16-25-15-14-23-8-7-9-24-17-20-30(29)33(25)32(23)24/h1-22,35H/q+1. The molecule has 2 nitrogen and oxygen atoms in total. The molecule has 0 aliphatic rings. The molecule has 0 spiro atoms. The molecule has 0 atom stereocenters. The van der Waals surface area contributed by atoms with Gasteiger partial charge in [0.05, 0.1) is 0 Å². The Labute approximate surface area is 210 Å². The molecule has 0 amide bonds. The van der Waals surface area contributed by atoms with Gasteiger partial charge >= 0.3 is 0 Å². The van der Waals surface area contributed by atoms with Crippen LogP contribution in [-0.2, 0) is 0 Å². The first-order valence-corrected chi connectivity index (χ1v) is 13.8. The third kappa shape index (κ3) is 3.16. The zero-order valence-electron chi connectivity index (χ0n) is 19.5. The lowest BCUT2D eigenvalue weighted by atomic mass is 9.90. The largest absolute Gasteiger partial charge is 0.257 e. The van der Waals surface area contributed by atoms with Gasteiger partial charge in [-0.2, -0.15) is 0 Å². The molecule has 170 valence electrons. The highest BCUT2D eigenvalue weighted by molar-refractivity contribution is 7.90. The predicted octanol–water partition coefficient (Wildman–Crippen LogP) is 6.85. The molecule has 7 aromatic rings. The van der Waals surface area contributed by atoms with Gasteiger partial charge in [0.15, 0.2) is 0 Å². The minimum atomic E-state index is -2.84. The van der Waals surface area contributed by atoms with Crippen LogP contribution in [0.25, 0.3) is 43.4 Å². The Morgan fingerprint density at radius 2 is 1.08 bits per heavy atom. The summed E-state index contributed by atoms with van der Waals surface area (Å²) in [7, 11) is -2.84. The molecule has 1 heterocycles. The molecule has 7 rings (SSSR count). The van der Waals surface area contributed by atoms with Gasteiger partial charge in [-0.25, -0.2) is 9.88 Å². The summed E-state index contributed by atoms with van der Waals surface area (Å²) in [4.78, 5) is 17.1. The summed E-state index contributed by atoms with van der Waals surface area (Å²) in [6.45, 7) is 0. The van der Waals surface area contributed by atoms with Gasteiger partial charge in [0.1, 0.15) is 10.6 Å². The third-order valence-corrected chi connectivity index (χ3v) is 10.2. The second kappa shape index (κ2) is 8.24. The van der Waals surface area contributed by atoms with Crippen LogP contribution < -0.4 is 16.0 Å². The van der Waals surface area contributed by atoms with Crippen molar-refractivity contribution in [3.63, 3.8) is 0 Å². The Hall–Kier alpha value is -4.10. The molecule has 1 aromatic heterocycles. The van der Waals surface area contributed by atoms with E-state index in [1.807, 2.05) is 72.9 Å². The average molecular weight is 481 g/mol. The Bertz CT molecular complexity index is 1770. The highest BCUT2D eigenvalue weighted by Gasteiger charge is 2.45. The SMILES string of the molecule is O[P+](c1ccccc1)(c1ccccc1)c1ccc(-c2ccc3ccc4cccc5ccc2c3c45)cn1. The van der Waals surface area contributed by atoms with Gasteiger partial charge in [0.2, 0.25) is 5.44 Å². The van der Waals surface area contributed by atoms with Crippen LogP contribution >= 0.6 is 7.49 Å². The molecule has 6 aromatic carbocycles. The lowest BCUT2D eigenvalue weighted by Crippen LogP contribution is -2.32. The van der Waals surface area contributed by atoms with Crippen molar-refractivity contribution in [3.05, 3.63) is 134 Å². The number of pyridine rings is 1. The van der Waals surface area contributed by atoms with E-state index in [4.69, 9.17) is 4.98 Å². The van der Waals surface area contributed by atoms with E-state index in [0.717, 1.165) is 21.7 Å². The van der Waals surface area contributed by atoms with Gasteiger partial charge in [-0.05, 0) is 68.2 Å². The molecule has 0 aliphatic heterocycles. The average Bonchev–Trinajstić information content (AvgIpc) is 2.96. The second-order valence-corrected chi connectivity index (χ2v) is 11.9. The van der Waals surface area contributed by atoms with Crippen molar-refractivity contribution in [3.8, 4) is 11.1 Å². The summed E-state index contributed by atoms with van der Waals surface area (Å²) in [6, 6.07) is 43.7. The number of hydrogen-bond donors (Lipinski definition) is 1. The van der Waals surface area contributed by atoms with Crippen LogP contribution in [0.2, 0.25) is 0 Å². The quantitative estimate of drug-likeness (QED) is 0.221. The number of aromatic nitrogens is 1. The molecule has 0 unspecified atom stereocenters. The monoisotopic (exact) mass is 480 g/mol. The Morgan fingerprint density at radius 1 is 0.500 bits per heavy atom. The predicted molar refractivity (Wildman–Crippen MR) is 154 cm³/mol. The van der Waals surface area contributed by atoms with E-state index in [1.54, 1.807) is 0 Å². The molecule has 0 aliphatic carbocycles. The van der Waals surface area contributed by atoms with Crippen LogP contribution in [0, 0.1) is 0 Å². The molecular weight excluding hydrogens is 457 g/mol. The number of benzene rings is 6. The van der Waals surface area contributed by atoms with Crippen LogP contribution in [0.15, 0.2) is 134 Å². The van der Waals surface area contributed by atoms with E-state index >= 15 is 0 Å². The van der Waals surface area contributed by atoms with Crippen LogP contribution in [-0.4, -0.2) is 9.88 Å². The number of rotatable bonds is 4. The first-order chi connectivity index (χ1) is 17.7. The molecule has 36 heavy (non-hydrogen) atoms. The molecule has 0 saturated carbocycles. The van der Waals surface area contributed by atoms with Crippen molar-refractivity contribution in [2.75, 3.05) is 0 Å². The lowest BCUT2D eigenvalue weighted by Gasteiger charge is -2.19. The molecule has 0 fully saturated rings. The van der Waals surface area contributed by atoms with Crippen molar-refractivity contribution in [1.29, 1.82) is 0 Å². The van der Waals surface area contributed by atoms with E-state index in [1.165, 1.54) is 32.3 Å². The van der Waals surface area contributed by atoms with Crippen molar-refractivity contribution in [2.45, 2.75) is 0 Å². The number of hydrogen-bond acceptors (Lipinski definition) is 2. The van der Waals surface area contributed by atoms with Gasteiger partial charge in [-0.1, -0.05) is 91.0 Å². The summed E-state index contributed by atoms with van der Waals surface area (Å²) in [6.07, 6.45) is 1.92. The fourth-order valence-corrected chi connectivity index (χ4v) is 7.97. The normalized spacial score (nSPS) is 12.0. The molecule has 0 saturated heterocycles. The molecule has 1 N–H and O–H groups in total. The summed E-state index contributed by atoms with van der Waals surface area (Å²) in [5, 5.41) is 9.41. The Kier molecular flexibility index (Phi) is 4.85. The fraction of sp³-hybridized carbons (Fsp3) is 0. The fourth-order valence-electron chi connectivity index (χ4n) is 5.42. The van der Waals surface area contributed by atoms with Gasteiger partial charge < -0.3 is 0 Å². The minimum Gasteiger partial charge on any atom is -0.233 e. The zero-order chi connectivity index (χ0) is 24.1. The summed E-state index contributed by atoms with van der Waals surface area (Å²) in [5.74, 6) is 0. The highest BCUT2D eigenvalue weighted by atomic mass is 31.2. The summed E-state index contributed by atoms with van der Waals surface area (Å²) < 4.78 is 0. The van der Waals surface area contributed by atoms with Crippen molar-refractivity contribution in [2.24, 2.45) is 0 Å². The van der Waals surface area contributed by atoms with Gasteiger partial charge in [-0.3, -0.25) is 0 Å². The summed E-state index contributed by atoms with van der Waals surface area (Å²) >= 11 is 0. The second-order valence-electron chi connectivity index (χ2n) is 9.18. The Balaban J connectivity index is 1.40. The molecule has 0 bridgehead atoms. The topological polar surface area (TPSA) is 33.1 Å². The maximum absolute atomic E-state index is 12.2. The van der Waals surface area contributed by atoms with Gasteiger partial charge in [0.25, 0.3) is 7.49 Å². The van der Waals surface area contributed by atoms with Crippen molar-refractivity contribution < 1.29 is 4.89 Å². The van der Waals surface area contributed by atoms with Crippen LogP contribution in [0.1, 0.15) is 0 Å². The van der Waals surface area contributed by atoms with Crippen molar-refractivity contribution in [1.82, 2.24) is 4.98 Å². The summed E-state index contributed by atoms with van der Waals surface area (Å²) in [5.41, 5.74) is 2.91. The first kappa shape index (κ1) is 21.2.